The fourth-order valence-electron chi connectivity index (χ4n) is 2.27. The van der Waals surface area contributed by atoms with Crippen LogP contribution in [-0.4, -0.2) is 16.9 Å². The number of halogens is 3. The van der Waals surface area contributed by atoms with E-state index >= 15 is 0 Å². The normalized spacial score (nSPS) is 14.8. The van der Waals surface area contributed by atoms with Crippen molar-refractivity contribution in [3.8, 4) is 0 Å². The smallest absolute Gasteiger partial charge is 0.301 e. The molecule has 0 bridgehead atoms. The molecule has 0 spiro atoms. The molecule has 0 atom stereocenters. The molecule has 1 heterocycles. The minimum atomic E-state index is -0.857. The number of amides is 2. The number of aliphatic hydroxyl groups is 1. The molecule has 2 amide bonds. The number of anilines is 1. The first-order valence-corrected chi connectivity index (χ1v) is 7.56. The second-order valence-electron chi connectivity index (χ2n) is 4.77. The lowest BCUT2D eigenvalue weighted by atomic mass is 10.1. The van der Waals surface area contributed by atoms with Gasteiger partial charge in [-0.25, -0.2) is 4.90 Å². The van der Waals surface area contributed by atoms with E-state index in [0.717, 1.165) is 4.90 Å². The lowest BCUT2D eigenvalue weighted by molar-refractivity contribution is -0.121. The maximum absolute atomic E-state index is 12.6. The van der Waals surface area contributed by atoms with E-state index in [9.17, 15) is 14.7 Å². The van der Waals surface area contributed by atoms with Gasteiger partial charge in [-0.15, -0.1) is 0 Å². The van der Waals surface area contributed by atoms with Crippen molar-refractivity contribution in [2.45, 2.75) is 0 Å². The minimum absolute atomic E-state index is 0.109. The van der Waals surface area contributed by atoms with Gasteiger partial charge in [0.25, 0.3) is 5.91 Å². The van der Waals surface area contributed by atoms with Crippen LogP contribution in [-0.2, 0) is 9.59 Å². The molecule has 0 unspecified atom stereocenters. The van der Waals surface area contributed by atoms with E-state index in [1.165, 1.54) is 18.2 Å². The molecule has 1 aliphatic heterocycles. The van der Waals surface area contributed by atoms with Crippen LogP contribution in [0.25, 0.3) is 5.57 Å². The monoisotopic (exact) mass is 367 g/mol. The van der Waals surface area contributed by atoms with Crippen LogP contribution >= 0.6 is 34.8 Å². The van der Waals surface area contributed by atoms with Gasteiger partial charge in [0.2, 0.25) is 0 Å². The summed E-state index contributed by atoms with van der Waals surface area (Å²) in [6.45, 7) is 0. The van der Waals surface area contributed by atoms with Gasteiger partial charge >= 0.3 is 5.91 Å². The fourth-order valence-corrected chi connectivity index (χ4v) is 2.77. The van der Waals surface area contributed by atoms with Gasteiger partial charge in [-0.2, -0.15) is 0 Å². The molecule has 1 aliphatic rings. The molecule has 1 N–H and O–H groups in total. The molecular weight excluding hydrogens is 361 g/mol. The SMILES string of the molecule is O=C1C(O)=C(c2ccc(Cl)cc2)C(=O)N1c1cc(Cl)ccc1Cl. The molecule has 3 rings (SSSR count). The predicted octanol–water partition coefficient (Wildman–Crippen LogP) is 4.49. The molecule has 0 radical (unpaired) electrons. The summed E-state index contributed by atoms with van der Waals surface area (Å²) in [5, 5.41) is 11.1. The fraction of sp³-hybridized carbons (Fsp3) is 0. The van der Waals surface area contributed by atoms with Gasteiger partial charge < -0.3 is 5.11 Å². The largest absolute Gasteiger partial charge is 0.502 e. The molecule has 7 heteroatoms. The highest BCUT2D eigenvalue weighted by atomic mass is 35.5. The quantitative estimate of drug-likeness (QED) is 0.795. The zero-order valence-corrected chi connectivity index (χ0v) is 13.7. The number of nitrogens with zero attached hydrogens (tertiary/aromatic N) is 1. The summed E-state index contributed by atoms with van der Waals surface area (Å²) in [5.74, 6) is -2.18. The first-order chi connectivity index (χ1) is 10.9. The number of aliphatic hydroxyl groups excluding tert-OH is 1. The van der Waals surface area contributed by atoms with E-state index in [2.05, 4.69) is 0 Å². The highest BCUT2D eigenvalue weighted by molar-refractivity contribution is 6.47. The van der Waals surface area contributed by atoms with Gasteiger partial charge in [-0.05, 0) is 35.9 Å². The van der Waals surface area contributed by atoms with Crippen LogP contribution in [0.1, 0.15) is 5.56 Å². The van der Waals surface area contributed by atoms with Crippen molar-refractivity contribution in [1.29, 1.82) is 0 Å². The Labute approximate surface area is 146 Å². The second kappa shape index (κ2) is 5.89. The van der Waals surface area contributed by atoms with E-state index in [0.29, 0.717) is 15.6 Å². The molecule has 4 nitrogen and oxygen atoms in total. The van der Waals surface area contributed by atoms with Crippen LogP contribution in [0.15, 0.2) is 48.2 Å². The molecule has 2 aromatic rings. The first kappa shape index (κ1) is 15.9. The maximum atomic E-state index is 12.6. The van der Waals surface area contributed by atoms with Gasteiger partial charge in [-0.1, -0.05) is 46.9 Å². The van der Waals surface area contributed by atoms with Crippen molar-refractivity contribution < 1.29 is 14.7 Å². The van der Waals surface area contributed by atoms with Crippen LogP contribution in [0.3, 0.4) is 0 Å². The Morgan fingerprint density at radius 3 is 2.09 bits per heavy atom. The third kappa shape index (κ3) is 2.70. The van der Waals surface area contributed by atoms with Gasteiger partial charge in [0.15, 0.2) is 5.76 Å². The van der Waals surface area contributed by atoms with Crippen LogP contribution in [0, 0.1) is 0 Å². The second-order valence-corrected chi connectivity index (χ2v) is 6.05. The van der Waals surface area contributed by atoms with E-state index in [-0.39, 0.29) is 16.3 Å². The number of hydrogen-bond acceptors (Lipinski definition) is 3. The number of hydrogen-bond donors (Lipinski definition) is 1. The van der Waals surface area contributed by atoms with Crippen molar-refractivity contribution in [1.82, 2.24) is 0 Å². The lowest BCUT2D eigenvalue weighted by Gasteiger charge is -2.16. The van der Waals surface area contributed by atoms with Gasteiger partial charge in [-0.3, -0.25) is 9.59 Å². The highest BCUT2D eigenvalue weighted by Gasteiger charge is 2.41. The number of imide groups is 1. The highest BCUT2D eigenvalue weighted by Crippen LogP contribution is 2.36. The number of rotatable bonds is 2. The van der Waals surface area contributed by atoms with E-state index in [1.54, 1.807) is 24.3 Å². The molecule has 0 fully saturated rings. The molecule has 0 saturated carbocycles. The molecule has 2 aromatic carbocycles. The summed E-state index contributed by atoms with van der Waals surface area (Å²) in [6, 6.07) is 10.6. The molecule has 0 aliphatic carbocycles. The van der Waals surface area contributed by atoms with Crippen molar-refractivity contribution in [2.24, 2.45) is 0 Å². The zero-order chi connectivity index (χ0) is 16.7. The molecular formula is C16H8Cl3NO3. The number of carbonyl (C=O) groups excluding carboxylic acids is 2. The molecule has 0 aromatic heterocycles. The van der Waals surface area contributed by atoms with Gasteiger partial charge in [0.05, 0.1) is 16.3 Å². The molecule has 116 valence electrons. The Kier molecular flexibility index (Phi) is 4.06. The van der Waals surface area contributed by atoms with Gasteiger partial charge in [0.1, 0.15) is 0 Å². The van der Waals surface area contributed by atoms with Crippen molar-refractivity contribution in [2.75, 3.05) is 4.90 Å². The summed E-state index contributed by atoms with van der Waals surface area (Å²) in [7, 11) is 0. The van der Waals surface area contributed by atoms with Crippen LogP contribution in [0.2, 0.25) is 15.1 Å². The zero-order valence-electron chi connectivity index (χ0n) is 11.4. The number of benzene rings is 2. The predicted molar refractivity (Wildman–Crippen MR) is 90.0 cm³/mol. The molecule has 23 heavy (non-hydrogen) atoms. The van der Waals surface area contributed by atoms with E-state index in [1.807, 2.05) is 0 Å². The van der Waals surface area contributed by atoms with Crippen molar-refractivity contribution in [3.05, 3.63) is 68.9 Å². The standard InChI is InChI=1S/C16H8Cl3NO3/c17-9-3-1-8(2-4-9)13-14(21)16(23)20(15(13)22)12-7-10(18)5-6-11(12)19/h1-7,21H. The van der Waals surface area contributed by atoms with Crippen LogP contribution in [0.5, 0.6) is 0 Å². The van der Waals surface area contributed by atoms with Crippen molar-refractivity contribution >= 4 is 57.9 Å². The third-order valence-corrected chi connectivity index (χ3v) is 4.15. The number of carbonyl (C=O) groups is 2. The van der Waals surface area contributed by atoms with Crippen LogP contribution in [0.4, 0.5) is 5.69 Å². The Morgan fingerprint density at radius 1 is 0.826 bits per heavy atom. The Morgan fingerprint density at radius 2 is 1.43 bits per heavy atom. The third-order valence-electron chi connectivity index (χ3n) is 3.34. The van der Waals surface area contributed by atoms with Crippen molar-refractivity contribution in [3.63, 3.8) is 0 Å². The Bertz CT molecular complexity index is 859. The summed E-state index contributed by atoms with van der Waals surface area (Å²) in [6.07, 6.45) is 0. The molecule has 0 saturated heterocycles. The van der Waals surface area contributed by atoms with Crippen LogP contribution < -0.4 is 4.90 Å². The van der Waals surface area contributed by atoms with Gasteiger partial charge in [0, 0.05) is 10.0 Å². The topological polar surface area (TPSA) is 57.6 Å². The van der Waals surface area contributed by atoms with E-state index in [4.69, 9.17) is 34.8 Å². The Hall–Kier alpha value is -2.01. The first-order valence-electron chi connectivity index (χ1n) is 6.43. The summed E-state index contributed by atoms with van der Waals surface area (Å²) >= 11 is 17.8. The Balaban J connectivity index is 2.09. The minimum Gasteiger partial charge on any atom is -0.502 e. The summed E-state index contributed by atoms with van der Waals surface area (Å²) < 4.78 is 0. The average Bonchev–Trinajstić information content (AvgIpc) is 2.73. The summed E-state index contributed by atoms with van der Waals surface area (Å²) in [5.41, 5.74) is 0.387. The lowest BCUT2D eigenvalue weighted by Crippen LogP contribution is -2.31. The summed E-state index contributed by atoms with van der Waals surface area (Å²) in [4.78, 5) is 25.7. The maximum Gasteiger partial charge on any atom is 0.301 e. The van der Waals surface area contributed by atoms with E-state index < -0.39 is 17.6 Å². The average molecular weight is 369 g/mol.